The van der Waals surface area contributed by atoms with Crippen LogP contribution in [0.25, 0.3) is 0 Å². The van der Waals surface area contributed by atoms with Gasteiger partial charge in [-0.25, -0.2) is 0 Å². The zero-order valence-corrected chi connectivity index (χ0v) is 14.4. The molecule has 0 unspecified atom stereocenters. The lowest BCUT2D eigenvalue weighted by molar-refractivity contribution is 0.102. The summed E-state index contributed by atoms with van der Waals surface area (Å²) in [5.41, 5.74) is 2.41. The van der Waals surface area contributed by atoms with Gasteiger partial charge in [0.05, 0.1) is 18.7 Å². The maximum atomic E-state index is 12.5. The number of anilines is 1. The smallest absolute Gasteiger partial charge is 0.255 e. The SMILES string of the molecule is CCc1ccccc1NC(=O)c1cc(Br)c(OC)c(OC)c1. The summed E-state index contributed by atoms with van der Waals surface area (Å²) in [6.07, 6.45) is 0.853. The van der Waals surface area contributed by atoms with E-state index < -0.39 is 0 Å². The molecule has 1 amide bonds. The number of ether oxygens (including phenoxy) is 2. The number of aryl methyl sites for hydroxylation is 1. The van der Waals surface area contributed by atoms with Crippen molar-refractivity contribution in [3.63, 3.8) is 0 Å². The van der Waals surface area contributed by atoms with Crippen LogP contribution in [-0.4, -0.2) is 20.1 Å². The lowest BCUT2D eigenvalue weighted by Gasteiger charge is -2.13. The molecule has 0 saturated heterocycles. The van der Waals surface area contributed by atoms with Gasteiger partial charge >= 0.3 is 0 Å². The minimum absolute atomic E-state index is 0.192. The number of hydrogen-bond donors (Lipinski definition) is 1. The van der Waals surface area contributed by atoms with Crippen molar-refractivity contribution in [2.24, 2.45) is 0 Å². The van der Waals surface area contributed by atoms with Crippen molar-refractivity contribution in [2.45, 2.75) is 13.3 Å². The molecule has 0 aliphatic rings. The molecule has 1 N–H and O–H groups in total. The first-order valence-corrected chi connectivity index (χ1v) is 7.70. The van der Waals surface area contributed by atoms with Gasteiger partial charge in [0.25, 0.3) is 5.91 Å². The number of amides is 1. The molecule has 2 rings (SSSR count). The van der Waals surface area contributed by atoms with Gasteiger partial charge < -0.3 is 14.8 Å². The highest BCUT2D eigenvalue weighted by Crippen LogP contribution is 2.36. The first-order chi connectivity index (χ1) is 10.6. The number of carbonyl (C=O) groups excluding carboxylic acids is 1. The van der Waals surface area contributed by atoms with Crippen LogP contribution in [0.1, 0.15) is 22.8 Å². The molecule has 2 aromatic rings. The Kier molecular flexibility index (Phi) is 5.44. The molecule has 0 spiro atoms. The van der Waals surface area contributed by atoms with Crippen LogP contribution < -0.4 is 14.8 Å². The number of benzene rings is 2. The monoisotopic (exact) mass is 363 g/mol. The molecule has 0 heterocycles. The molecule has 116 valence electrons. The molecule has 2 aromatic carbocycles. The second-order valence-electron chi connectivity index (χ2n) is 4.66. The summed E-state index contributed by atoms with van der Waals surface area (Å²) in [5.74, 6) is 0.876. The fourth-order valence-corrected chi connectivity index (χ4v) is 2.80. The Morgan fingerprint density at radius 1 is 1.18 bits per heavy atom. The molecule has 0 fully saturated rings. The Hall–Kier alpha value is -2.01. The number of rotatable bonds is 5. The van der Waals surface area contributed by atoms with Crippen molar-refractivity contribution < 1.29 is 14.3 Å². The summed E-state index contributed by atoms with van der Waals surface area (Å²) >= 11 is 3.40. The third-order valence-corrected chi connectivity index (χ3v) is 3.93. The third-order valence-electron chi connectivity index (χ3n) is 3.34. The molecule has 0 aromatic heterocycles. The predicted molar refractivity (Wildman–Crippen MR) is 91.0 cm³/mol. The quantitative estimate of drug-likeness (QED) is 0.862. The zero-order valence-electron chi connectivity index (χ0n) is 12.8. The van der Waals surface area contributed by atoms with Crippen molar-refractivity contribution in [1.29, 1.82) is 0 Å². The highest BCUT2D eigenvalue weighted by atomic mass is 79.9. The van der Waals surface area contributed by atoms with E-state index in [0.717, 1.165) is 17.7 Å². The first kappa shape index (κ1) is 16.4. The van der Waals surface area contributed by atoms with Crippen LogP contribution in [-0.2, 0) is 6.42 Å². The van der Waals surface area contributed by atoms with E-state index in [-0.39, 0.29) is 5.91 Å². The molecule has 22 heavy (non-hydrogen) atoms. The highest BCUT2D eigenvalue weighted by molar-refractivity contribution is 9.10. The third kappa shape index (κ3) is 3.42. The van der Waals surface area contributed by atoms with E-state index in [1.807, 2.05) is 24.3 Å². The Bertz CT molecular complexity index is 686. The summed E-state index contributed by atoms with van der Waals surface area (Å²) in [6, 6.07) is 11.1. The lowest BCUT2D eigenvalue weighted by Crippen LogP contribution is -2.13. The van der Waals surface area contributed by atoms with E-state index in [2.05, 4.69) is 28.2 Å². The molecule has 0 radical (unpaired) electrons. The zero-order chi connectivity index (χ0) is 16.1. The minimum atomic E-state index is -0.192. The van der Waals surface area contributed by atoms with Gasteiger partial charge in [0.1, 0.15) is 0 Å². The number of hydrogen-bond acceptors (Lipinski definition) is 3. The van der Waals surface area contributed by atoms with Crippen molar-refractivity contribution in [1.82, 2.24) is 0 Å². The predicted octanol–water partition coefficient (Wildman–Crippen LogP) is 4.28. The molecule has 0 saturated carbocycles. The maximum absolute atomic E-state index is 12.5. The Labute approximate surface area is 138 Å². The van der Waals surface area contributed by atoms with Gasteiger partial charge in [-0.2, -0.15) is 0 Å². The number of carbonyl (C=O) groups is 1. The van der Waals surface area contributed by atoms with Crippen molar-refractivity contribution in [3.05, 3.63) is 52.0 Å². The largest absolute Gasteiger partial charge is 0.493 e. The fraction of sp³-hybridized carbons (Fsp3) is 0.235. The Morgan fingerprint density at radius 2 is 1.91 bits per heavy atom. The molecule has 0 bridgehead atoms. The Morgan fingerprint density at radius 3 is 2.55 bits per heavy atom. The van der Waals surface area contributed by atoms with Crippen molar-refractivity contribution in [2.75, 3.05) is 19.5 Å². The number of para-hydroxylation sites is 1. The van der Waals surface area contributed by atoms with Gasteiger partial charge in [0, 0.05) is 11.3 Å². The fourth-order valence-electron chi connectivity index (χ4n) is 2.19. The average molecular weight is 364 g/mol. The molecule has 5 heteroatoms. The molecular weight excluding hydrogens is 346 g/mol. The molecule has 0 aliphatic carbocycles. The van der Waals surface area contributed by atoms with Crippen LogP contribution in [0.5, 0.6) is 11.5 Å². The lowest BCUT2D eigenvalue weighted by atomic mass is 10.1. The number of nitrogens with one attached hydrogen (secondary N) is 1. The second-order valence-corrected chi connectivity index (χ2v) is 5.51. The van der Waals surface area contributed by atoms with E-state index in [4.69, 9.17) is 9.47 Å². The second kappa shape index (κ2) is 7.31. The van der Waals surface area contributed by atoms with Gasteiger partial charge in [-0.15, -0.1) is 0 Å². The number of halogens is 1. The van der Waals surface area contributed by atoms with Gasteiger partial charge in [0.2, 0.25) is 0 Å². The van der Waals surface area contributed by atoms with E-state index in [9.17, 15) is 4.79 Å². The van der Waals surface area contributed by atoms with Gasteiger partial charge in [-0.3, -0.25) is 4.79 Å². The standard InChI is InChI=1S/C17H18BrNO3/c1-4-11-7-5-6-8-14(11)19-17(20)12-9-13(18)16(22-3)15(10-12)21-2/h5-10H,4H2,1-3H3,(H,19,20). The summed E-state index contributed by atoms with van der Waals surface area (Å²) in [5, 5.41) is 2.94. The molecule has 0 aliphatic heterocycles. The average Bonchev–Trinajstić information content (AvgIpc) is 2.54. The summed E-state index contributed by atoms with van der Waals surface area (Å²) < 4.78 is 11.2. The maximum Gasteiger partial charge on any atom is 0.255 e. The molecule has 0 atom stereocenters. The summed E-state index contributed by atoms with van der Waals surface area (Å²) in [7, 11) is 3.10. The molecular formula is C17H18BrNO3. The first-order valence-electron chi connectivity index (χ1n) is 6.91. The van der Waals surface area contributed by atoms with Crippen LogP contribution >= 0.6 is 15.9 Å². The Balaban J connectivity index is 2.32. The highest BCUT2D eigenvalue weighted by Gasteiger charge is 2.15. The van der Waals surface area contributed by atoms with Gasteiger partial charge in [-0.05, 0) is 46.1 Å². The summed E-state index contributed by atoms with van der Waals surface area (Å²) in [4.78, 5) is 12.5. The van der Waals surface area contributed by atoms with Crippen LogP contribution in [0.2, 0.25) is 0 Å². The normalized spacial score (nSPS) is 10.2. The van der Waals surface area contributed by atoms with E-state index in [1.165, 1.54) is 0 Å². The number of methoxy groups -OCH3 is 2. The topological polar surface area (TPSA) is 47.6 Å². The van der Waals surface area contributed by atoms with E-state index in [1.54, 1.807) is 26.4 Å². The van der Waals surface area contributed by atoms with Crippen LogP contribution in [0.15, 0.2) is 40.9 Å². The summed E-state index contributed by atoms with van der Waals surface area (Å²) in [6.45, 7) is 2.05. The van der Waals surface area contributed by atoms with Crippen LogP contribution in [0.4, 0.5) is 5.69 Å². The van der Waals surface area contributed by atoms with E-state index >= 15 is 0 Å². The van der Waals surface area contributed by atoms with Gasteiger partial charge in [0.15, 0.2) is 11.5 Å². The van der Waals surface area contributed by atoms with Crippen LogP contribution in [0.3, 0.4) is 0 Å². The minimum Gasteiger partial charge on any atom is -0.493 e. The van der Waals surface area contributed by atoms with Gasteiger partial charge in [-0.1, -0.05) is 25.1 Å². The van der Waals surface area contributed by atoms with E-state index in [0.29, 0.717) is 21.5 Å². The van der Waals surface area contributed by atoms with Crippen molar-refractivity contribution in [3.8, 4) is 11.5 Å². The molecule has 4 nitrogen and oxygen atoms in total. The van der Waals surface area contributed by atoms with Crippen molar-refractivity contribution >= 4 is 27.5 Å². The van der Waals surface area contributed by atoms with Crippen LogP contribution in [0, 0.1) is 0 Å².